The van der Waals surface area contributed by atoms with Gasteiger partial charge in [-0.25, -0.2) is 13.8 Å². The third-order valence-corrected chi connectivity index (χ3v) is 6.36. The molecule has 0 bridgehead atoms. The summed E-state index contributed by atoms with van der Waals surface area (Å²) >= 11 is 0.810. The molecule has 2 aliphatic rings. The van der Waals surface area contributed by atoms with Crippen LogP contribution < -0.4 is 10.5 Å². The Morgan fingerprint density at radius 2 is 2.20 bits per heavy atom. The maximum absolute atomic E-state index is 15.1. The number of carbonyl (C=O) groups is 2. The van der Waals surface area contributed by atoms with E-state index in [2.05, 4.69) is 16.8 Å². The Labute approximate surface area is 174 Å². The maximum Gasteiger partial charge on any atom is 0.277 e. The molecule has 1 fully saturated rings. The smallest absolute Gasteiger partial charge is 0.277 e. The van der Waals surface area contributed by atoms with E-state index in [9.17, 15) is 19.1 Å². The fraction of sp³-hybridized carbons (Fsp3) is 0.350. The second kappa shape index (κ2) is 6.75. The van der Waals surface area contributed by atoms with E-state index >= 15 is 4.39 Å². The van der Waals surface area contributed by atoms with Crippen LogP contribution in [0.5, 0.6) is 5.75 Å². The number of primary amides is 1. The number of amides is 2. The summed E-state index contributed by atoms with van der Waals surface area (Å²) in [6.45, 7) is 1.20. The van der Waals surface area contributed by atoms with Gasteiger partial charge in [0.1, 0.15) is 18.2 Å². The molecular formula is C20H17F2N3O4S. The van der Waals surface area contributed by atoms with Crippen LogP contribution in [0.1, 0.15) is 33.6 Å². The van der Waals surface area contributed by atoms with Crippen LogP contribution >= 0.6 is 11.3 Å². The van der Waals surface area contributed by atoms with Gasteiger partial charge in [-0.1, -0.05) is 11.8 Å². The Morgan fingerprint density at radius 3 is 2.83 bits per heavy atom. The number of aliphatic hydroxyl groups is 1. The first kappa shape index (κ1) is 20.3. The van der Waals surface area contributed by atoms with Crippen LogP contribution in [0, 0.1) is 17.7 Å². The average molecular weight is 433 g/mol. The van der Waals surface area contributed by atoms with Gasteiger partial charge in [-0.15, -0.1) is 11.3 Å². The van der Waals surface area contributed by atoms with Gasteiger partial charge >= 0.3 is 0 Å². The molecule has 0 spiro atoms. The van der Waals surface area contributed by atoms with Crippen LogP contribution in [-0.2, 0) is 10.5 Å². The first-order chi connectivity index (χ1) is 14.0. The summed E-state index contributed by atoms with van der Waals surface area (Å²) in [5.74, 6) is 2.87. The molecule has 2 amide bonds. The predicted octanol–water partition coefficient (Wildman–Crippen LogP) is 1.57. The van der Waals surface area contributed by atoms with Gasteiger partial charge in [0.2, 0.25) is 5.60 Å². The molecule has 2 aromatic rings. The number of likely N-dealkylation sites (tertiary alicyclic amines) is 1. The zero-order valence-electron chi connectivity index (χ0n) is 16.1. The summed E-state index contributed by atoms with van der Waals surface area (Å²) < 4.78 is 35.2. The highest BCUT2D eigenvalue weighted by Crippen LogP contribution is 2.45. The van der Waals surface area contributed by atoms with Crippen molar-refractivity contribution in [3.05, 3.63) is 33.4 Å². The highest BCUT2D eigenvalue weighted by molar-refractivity contribution is 7.14. The van der Waals surface area contributed by atoms with Crippen LogP contribution in [0.4, 0.5) is 8.78 Å². The molecule has 1 aromatic heterocycles. The molecule has 156 valence electrons. The van der Waals surface area contributed by atoms with E-state index in [1.165, 1.54) is 24.9 Å². The standard InChI is InChI=1S/C20H17F2N3O4S/c1-19(22)9-29-13-8-12(21)10(3-4-20(28)5-6-25(2)18(20)27)7-11(13)14-15(19)30-17(24-14)16(23)26/h7-8,28H,5-6,9H2,1-2H3,(H2,23,26)/t19-,20+/m1/s1. The van der Waals surface area contributed by atoms with Crippen LogP contribution in [0.15, 0.2) is 12.1 Å². The molecule has 10 heteroatoms. The van der Waals surface area contributed by atoms with Crippen molar-refractivity contribution in [2.24, 2.45) is 5.73 Å². The zero-order valence-corrected chi connectivity index (χ0v) is 16.9. The molecule has 2 atom stereocenters. The molecular weight excluding hydrogens is 416 g/mol. The molecule has 1 saturated heterocycles. The Hall–Kier alpha value is -3.03. The number of ether oxygens (including phenoxy) is 1. The second-order valence-electron chi connectivity index (χ2n) is 7.46. The number of aromatic nitrogens is 1. The summed E-state index contributed by atoms with van der Waals surface area (Å²) in [5, 5.41) is 10.4. The second-order valence-corrected chi connectivity index (χ2v) is 8.46. The molecule has 0 unspecified atom stereocenters. The SMILES string of the molecule is CN1CC[C@@](O)(C#Cc2cc3c(cc2F)OC[C@@](C)(F)c2sc(C(N)=O)nc2-3)C1=O. The molecule has 30 heavy (non-hydrogen) atoms. The molecule has 7 nitrogen and oxygen atoms in total. The van der Waals surface area contributed by atoms with E-state index in [1.807, 2.05) is 0 Å². The van der Waals surface area contributed by atoms with E-state index in [4.69, 9.17) is 10.5 Å². The highest BCUT2D eigenvalue weighted by Gasteiger charge is 2.42. The number of alkyl halides is 1. The van der Waals surface area contributed by atoms with Crippen molar-refractivity contribution in [2.75, 3.05) is 20.2 Å². The Kier molecular flexibility index (Phi) is 4.56. The minimum atomic E-state index is -1.97. The summed E-state index contributed by atoms with van der Waals surface area (Å²) in [4.78, 5) is 29.2. The minimum Gasteiger partial charge on any atom is -0.489 e. The van der Waals surface area contributed by atoms with Crippen molar-refractivity contribution >= 4 is 23.2 Å². The summed E-state index contributed by atoms with van der Waals surface area (Å²) in [7, 11) is 1.54. The van der Waals surface area contributed by atoms with E-state index in [1.54, 1.807) is 0 Å². The lowest BCUT2D eigenvalue weighted by molar-refractivity contribution is -0.137. The average Bonchev–Trinajstić information content (AvgIpc) is 3.22. The van der Waals surface area contributed by atoms with Crippen molar-refractivity contribution < 1.29 is 28.2 Å². The third-order valence-electron chi connectivity index (χ3n) is 5.05. The third kappa shape index (κ3) is 3.20. The van der Waals surface area contributed by atoms with Gasteiger partial charge in [-0.05, 0) is 13.0 Å². The predicted molar refractivity (Wildman–Crippen MR) is 104 cm³/mol. The number of carbonyl (C=O) groups excluding carboxylic acids is 2. The number of nitrogens with zero attached hydrogens (tertiary/aromatic N) is 2. The van der Waals surface area contributed by atoms with E-state index in [-0.39, 0.29) is 38.9 Å². The number of nitrogens with two attached hydrogens (primary N) is 1. The topological polar surface area (TPSA) is 106 Å². The van der Waals surface area contributed by atoms with Crippen molar-refractivity contribution in [1.82, 2.24) is 9.88 Å². The molecule has 0 aliphatic carbocycles. The number of hydrogen-bond acceptors (Lipinski definition) is 6. The normalized spacial score (nSPS) is 25.0. The highest BCUT2D eigenvalue weighted by atomic mass is 32.1. The number of thiazole rings is 1. The summed E-state index contributed by atoms with van der Waals surface area (Å²) in [6, 6.07) is 2.34. The largest absolute Gasteiger partial charge is 0.489 e. The monoisotopic (exact) mass is 433 g/mol. The fourth-order valence-corrected chi connectivity index (χ4v) is 4.29. The number of rotatable bonds is 1. The summed E-state index contributed by atoms with van der Waals surface area (Å²) in [6.07, 6.45) is 0.101. The van der Waals surface area contributed by atoms with E-state index in [0.29, 0.717) is 6.54 Å². The number of likely N-dealkylation sites (N-methyl/N-ethyl adjacent to an activating group) is 1. The lowest BCUT2D eigenvalue weighted by Gasteiger charge is -2.16. The van der Waals surface area contributed by atoms with Crippen LogP contribution in [0.25, 0.3) is 11.3 Å². The Balaban J connectivity index is 1.84. The molecule has 1 aromatic carbocycles. The maximum atomic E-state index is 15.1. The molecule has 0 saturated carbocycles. The number of halogens is 2. The molecule has 2 aliphatic heterocycles. The van der Waals surface area contributed by atoms with Gasteiger partial charge in [0.25, 0.3) is 11.8 Å². The first-order valence-electron chi connectivity index (χ1n) is 9.00. The van der Waals surface area contributed by atoms with Gasteiger partial charge in [-0.3, -0.25) is 9.59 Å². The van der Waals surface area contributed by atoms with E-state index in [0.717, 1.165) is 17.4 Å². The molecule has 3 N–H and O–H groups in total. The Bertz CT molecular complexity index is 1150. The lowest BCUT2D eigenvalue weighted by Crippen LogP contribution is -2.37. The van der Waals surface area contributed by atoms with Gasteiger partial charge in [0, 0.05) is 31.6 Å². The van der Waals surface area contributed by atoms with Crippen molar-refractivity contribution in [3.8, 4) is 28.8 Å². The van der Waals surface area contributed by atoms with Crippen molar-refractivity contribution in [3.63, 3.8) is 0 Å². The minimum absolute atomic E-state index is 0.0392. The van der Waals surface area contributed by atoms with Gasteiger partial charge in [-0.2, -0.15) is 0 Å². The van der Waals surface area contributed by atoms with Crippen LogP contribution in [0.2, 0.25) is 0 Å². The lowest BCUT2D eigenvalue weighted by atomic mass is 10.00. The fourth-order valence-electron chi connectivity index (χ4n) is 3.34. The summed E-state index contributed by atoms with van der Waals surface area (Å²) in [5.41, 5.74) is 1.65. The molecule has 3 heterocycles. The van der Waals surface area contributed by atoms with Gasteiger partial charge in [0.05, 0.1) is 16.1 Å². The first-order valence-corrected chi connectivity index (χ1v) is 9.81. The van der Waals surface area contributed by atoms with Gasteiger partial charge < -0.3 is 20.5 Å². The number of benzene rings is 1. The zero-order chi connectivity index (χ0) is 21.8. The number of fused-ring (bicyclic) bond motifs is 3. The van der Waals surface area contributed by atoms with Crippen molar-refractivity contribution in [1.29, 1.82) is 0 Å². The van der Waals surface area contributed by atoms with Crippen LogP contribution in [-0.4, -0.2) is 52.6 Å². The molecule has 4 rings (SSSR count). The quantitative estimate of drug-likeness (QED) is 0.665. The van der Waals surface area contributed by atoms with Crippen molar-refractivity contribution in [2.45, 2.75) is 24.6 Å². The number of hydrogen-bond donors (Lipinski definition) is 2. The van der Waals surface area contributed by atoms with Crippen LogP contribution in [0.3, 0.4) is 0 Å². The molecule has 0 radical (unpaired) electrons. The van der Waals surface area contributed by atoms with Gasteiger partial charge in [0.15, 0.2) is 10.7 Å². The van der Waals surface area contributed by atoms with E-state index < -0.39 is 35.5 Å². The Morgan fingerprint density at radius 1 is 1.47 bits per heavy atom.